The van der Waals surface area contributed by atoms with Gasteiger partial charge >= 0.3 is 6.03 Å². The lowest BCUT2D eigenvalue weighted by Crippen LogP contribution is -2.45. The maximum Gasteiger partial charge on any atom is 0.315 e. The first-order valence-corrected chi connectivity index (χ1v) is 11.0. The first-order chi connectivity index (χ1) is 15.1. The zero-order valence-electron chi connectivity index (χ0n) is 17.8. The molecule has 164 valence electrons. The van der Waals surface area contributed by atoms with Gasteiger partial charge in [-0.2, -0.15) is 0 Å². The molecule has 0 saturated heterocycles. The van der Waals surface area contributed by atoms with Crippen LogP contribution in [0.4, 0.5) is 4.79 Å². The number of nitrogens with zero attached hydrogens (tertiary/aromatic N) is 1. The van der Waals surface area contributed by atoms with Gasteiger partial charge in [-0.3, -0.25) is 0 Å². The number of rotatable bonds is 7. The lowest BCUT2D eigenvalue weighted by molar-refractivity contribution is 0.117. The minimum Gasteiger partial charge on any atom is -0.494 e. The van der Waals surface area contributed by atoms with E-state index in [1.807, 2.05) is 55.5 Å². The van der Waals surface area contributed by atoms with Crippen molar-refractivity contribution in [3.05, 3.63) is 59.9 Å². The Kier molecular flexibility index (Phi) is 6.72. The third-order valence-electron chi connectivity index (χ3n) is 5.75. The predicted molar refractivity (Wildman–Crippen MR) is 120 cm³/mol. The zero-order valence-corrected chi connectivity index (χ0v) is 17.8. The van der Waals surface area contributed by atoms with Gasteiger partial charge in [0, 0.05) is 6.04 Å². The number of benzene rings is 2. The second-order valence-corrected chi connectivity index (χ2v) is 8.10. The maximum atomic E-state index is 12.8. The fraction of sp³-hybridized carbons (Fsp3) is 0.417. The molecule has 7 nitrogen and oxygen atoms in total. The summed E-state index contributed by atoms with van der Waals surface area (Å²) >= 11 is 0. The molecule has 4 rings (SSSR count). The molecule has 7 heteroatoms. The Morgan fingerprint density at radius 3 is 2.61 bits per heavy atom. The molecule has 1 saturated carbocycles. The van der Waals surface area contributed by atoms with Crippen molar-refractivity contribution < 1.29 is 14.6 Å². The van der Waals surface area contributed by atoms with Crippen LogP contribution in [0.15, 0.2) is 48.5 Å². The molecule has 1 atom stereocenters. The van der Waals surface area contributed by atoms with Crippen LogP contribution in [-0.4, -0.2) is 39.9 Å². The topological polar surface area (TPSA) is 99.3 Å². The van der Waals surface area contributed by atoms with Gasteiger partial charge in [-0.1, -0.05) is 24.3 Å². The van der Waals surface area contributed by atoms with Crippen LogP contribution >= 0.6 is 0 Å². The fourth-order valence-corrected chi connectivity index (χ4v) is 4.08. The third kappa shape index (κ3) is 5.55. The Hall–Kier alpha value is -3.06. The molecule has 4 N–H and O–H groups in total. The number of nitrogens with one attached hydrogen (secondary N) is 3. The number of H-pyrrole nitrogens is 1. The van der Waals surface area contributed by atoms with Gasteiger partial charge in [-0.15, -0.1) is 0 Å². The van der Waals surface area contributed by atoms with Crippen molar-refractivity contribution in [3.63, 3.8) is 0 Å². The summed E-state index contributed by atoms with van der Waals surface area (Å²) in [4.78, 5) is 20.8. The average Bonchev–Trinajstić information content (AvgIpc) is 3.21. The Bertz CT molecular complexity index is 960. The number of ether oxygens (including phenoxy) is 1. The number of carbonyl (C=O) groups is 1. The van der Waals surface area contributed by atoms with Gasteiger partial charge in [-0.25, -0.2) is 9.78 Å². The van der Waals surface area contributed by atoms with Gasteiger partial charge in [0.1, 0.15) is 11.6 Å². The summed E-state index contributed by atoms with van der Waals surface area (Å²) in [6.07, 6.45) is 3.40. The monoisotopic (exact) mass is 422 g/mol. The van der Waals surface area contributed by atoms with E-state index in [4.69, 9.17) is 9.72 Å². The number of para-hydroxylation sites is 2. The van der Waals surface area contributed by atoms with Gasteiger partial charge in [0.25, 0.3) is 0 Å². The van der Waals surface area contributed by atoms with Crippen LogP contribution in [0.3, 0.4) is 0 Å². The number of hydrogen-bond acceptors (Lipinski definition) is 4. The van der Waals surface area contributed by atoms with Gasteiger partial charge < -0.3 is 25.5 Å². The zero-order chi connectivity index (χ0) is 21.6. The first-order valence-electron chi connectivity index (χ1n) is 11.0. The molecule has 1 aliphatic carbocycles. The standard InChI is InChI=1S/C24H30N4O3/c1-2-31-19-13-7-16(8-14-19)15-22(23-26-20-5-3-4-6-21(20)27-23)28-24(30)25-17-9-11-18(29)12-10-17/h3-8,13-14,17-18,22,29H,2,9-12,15H2,1H3,(H,26,27)(H2,25,28,30)/t17-,18-,22?. The smallest absolute Gasteiger partial charge is 0.315 e. The van der Waals surface area contributed by atoms with Crippen molar-refractivity contribution in [3.8, 4) is 5.75 Å². The van der Waals surface area contributed by atoms with Crippen molar-refractivity contribution in [2.45, 2.75) is 57.2 Å². The number of amides is 2. The molecule has 31 heavy (non-hydrogen) atoms. The summed E-state index contributed by atoms with van der Waals surface area (Å²) < 4.78 is 5.53. The molecular weight excluding hydrogens is 392 g/mol. The quantitative estimate of drug-likeness (QED) is 0.465. The normalized spacial score (nSPS) is 19.7. The molecule has 0 radical (unpaired) electrons. The SMILES string of the molecule is CCOc1ccc(CC(NC(=O)N[C@H]2CC[C@H](O)CC2)c2nc3ccccc3[nH]2)cc1. The molecule has 1 aromatic heterocycles. The van der Waals surface area contributed by atoms with E-state index in [0.717, 1.165) is 53.9 Å². The van der Waals surface area contributed by atoms with Gasteiger partial charge in [0.2, 0.25) is 0 Å². The second-order valence-electron chi connectivity index (χ2n) is 8.10. The van der Waals surface area contributed by atoms with Crippen molar-refractivity contribution >= 4 is 17.1 Å². The molecule has 3 aromatic rings. The summed E-state index contributed by atoms with van der Waals surface area (Å²) in [5, 5.41) is 15.9. The van der Waals surface area contributed by atoms with Crippen molar-refractivity contribution in [2.75, 3.05) is 6.61 Å². The number of aliphatic hydroxyl groups is 1. The Morgan fingerprint density at radius 1 is 1.16 bits per heavy atom. The highest BCUT2D eigenvalue weighted by molar-refractivity contribution is 5.76. The number of aromatic amines is 1. The number of carbonyl (C=O) groups excluding carboxylic acids is 1. The molecule has 0 spiro atoms. The minimum absolute atomic E-state index is 0.0881. The lowest BCUT2D eigenvalue weighted by Gasteiger charge is -2.27. The number of urea groups is 1. The highest BCUT2D eigenvalue weighted by Gasteiger charge is 2.23. The summed E-state index contributed by atoms with van der Waals surface area (Å²) in [5.41, 5.74) is 2.89. The summed E-state index contributed by atoms with van der Waals surface area (Å²) in [5.74, 6) is 1.56. The van der Waals surface area contributed by atoms with E-state index in [1.54, 1.807) is 0 Å². The van der Waals surface area contributed by atoms with Crippen LogP contribution in [0.25, 0.3) is 11.0 Å². The van der Waals surface area contributed by atoms with E-state index in [0.29, 0.717) is 13.0 Å². The van der Waals surface area contributed by atoms with Crippen LogP contribution in [0, 0.1) is 0 Å². The number of hydrogen-bond donors (Lipinski definition) is 4. The Labute approximate surface area is 182 Å². The van der Waals surface area contributed by atoms with Crippen molar-refractivity contribution in [1.82, 2.24) is 20.6 Å². The summed E-state index contributed by atoms with van der Waals surface area (Å²) in [7, 11) is 0. The van der Waals surface area contributed by atoms with E-state index in [9.17, 15) is 9.90 Å². The summed E-state index contributed by atoms with van der Waals surface area (Å²) in [6, 6.07) is 15.3. The van der Waals surface area contributed by atoms with Gasteiger partial charge in [0.05, 0.1) is 29.8 Å². The Morgan fingerprint density at radius 2 is 1.90 bits per heavy atom. The fourth-order valence-electron chi connectivity index (χ4n) is 4.08. The number of imidazole rings is 1. The molecule has 1 aliphatic rings. The molecule has 1 heterocycles. The second kappa shape index (κ2) is 9.83. The molecule has 0 aliphatic heterocycles. The number of aromatic nitrogens is 2. The van der Waals surface area contributed by atoms with Crippen molar-refractivity contribution in [2.24, 2.45) is 0 Å². The van der Waals surface area contributed by atoms with Crippen LogP contribution in [0.5, 0.6) is 5.75 Å². The van der Waals surface area contributed by atoms with Gasteiger partial charge in [0.15, 0.2) is 0 Å². The Balaban J connectivity index is 1.49. The van der Waals surface area contributed by atoms with E-state index >= 15 is 0 Å². The van der Waals surface area contributed by atoms with E-state index in [-0.39, 0.29) is 24.2 Å². The van der Waals surface area contributed by atoms with Gasteiger partial charge in [-0.05, 0) is 68.9 Å². The van der Waals surface area contributed by atoms with Crippen molar-refractivity contribution in [1.29, 1.82) is 0 Å². The third-order valence-corrected chi connectivity index (χ3v) is 5.75. The maximum absolute atomic E-state index is 12.8. The van der Waals surface area contributed by atoms with E-state index in [2.05, 4.69) is 15.6 Å². The molecule has 0 bridgehead atoms. The van der Waals surface area contributed by atoms with E-state index < -0.39 is 0 Å². The minimum atomic E-state index is -0.306. The lowest BCUT2D eigenvalue weighted by atomic mass is 9.93. The highest BCUT2D eigenvalue weighted by atomic mass is 16.5. The molecule has 1 unspecified atom stereocenters. The van der Waals surface area contributed by atoms with E-state index in [1.165, 1.54) is 0 Å². The highest BCUT2D eigenvalue weighted by Crippen LogP contribution is 2.22. The first kappa shape index (κ1) is 21.2. The molecule has 2 amide bonds. The largest absolute Gasteiger partial charge is 0.494 e. The van der Waals surface area contributed by atoms with Crippen LogP contribution in [-0.2, 0) is 6.42 Å². The average molecular weight is 423 g/mol. The molecular formula is C24H30N4O3. The molecule has 2 aromatic carbocycles. The number of aliphatic hydroxyl groups excluding tert-OH is 1. The van der Waals surface area contributed by atoms with Crippen LogP contribution in [0.2, 0.25) is 0 Å². The van der Waals surface area contributed by atoms with Crippen LogP contribution in [0.1, 0.15) is 50.0 Å². The molecule has 1 fully saturated rings. The predicted octanol–water partition coefficient (Wildman–Crippen LogP) is 3.85. The van der Waals surface area contributed by atoms with Crippen LogP contribution < -0.4 is 15.4 Å². The summed E-state index contributed by atoms with van der Waals surface area (Å²) in [6.45, 7) is 2.59. The number of fused-ring (bicyclic) bond motifs is 1.